The molecule has 29 heavy (non-hydrogen) atoms. The van der Waals surface area contributed by atoms with E-state index in [9.17, 15) is 14.0 Å². The average Bonchev–Trinajstić information content (AvgIpc) is 2.71. The fourth-order valence-electron chi connectivity index (χ4n) is 3.02. The van der Waals surface area contributed by atoms with E-state index in [1.54, 1.807) is 24.3 Å². The lowest BCUT2D eigenvalue weighted by Crippen LogP contribution is -2.38. The number of ether oxygens (including phenoxy) is 1. The predicted molar refractivity (Wildman–Crippen MR) is 111 cm³/mol. The second-order valence-electron chi connectivity index (χ2n) is 6.76. The molecule has 154 valence electrons. The highest BCUT2D eigenvalue weighted by Crippen LogP contribution is 2.21. The molecule has 2 aromatic carbocycles. The van der Waals surface area contributed by atoms with Crippen LogP contribution < -0.4 is 10.6 Å². The van der Waals surface area contributed by atoms with Gasteiger partial charge in [0.1, 0.15) is 5.82 Å². The summed E-state index contributed by atoms with van der Waals surface area (Å²) < 4.78 is 19.4. The smallest absolute Gasteiger partial charge is 0.228 e. The van der Waals surface area contributed by atoms with Gasteiger partial charge in [-0.3, -0.25) is 14.5 Å². The third-order valence-electron chi connectivity index (χ3n) is 4.59. The van der Waals surface area contributed by atoms with Crippen molar-refractivity contribution in [2.45, 2.75) is 12.8 Å². The van der Waals surface area contributed by atoms with E-state index in [2.05, 4.69) is 15.5 Å². The fourth-order valence-corrected chi connectivity index (χ4v) is 3.22. The Morgan fingerprint density at radius 1 is 1.07 bits per heavy atom. The minimum absolute atomic E-state index is 0.0347. The SMILES string of the molecule is O=C(Cc1ccccc1Cl)Nc1ccc(F)c(NC(=O)CCN2CCOCC2)c1. The molecule has 0 bridgehead atoms. The van der Waals surface area contributed by atoms with Crippen LogP contribution in [0.1, 0.15) is 12.0 Å². The van der Waals surface area contributed by atoms with Crippen molar-refractivity contribution in [1.29, 1.82) is 0 Å². The van der Waals surface area contributed by atoms with Crippen molar-refractivity contribution in [3.63, 3.8) is 0 Å². The second kappa shape index (κ2) is 10.3. The lowest BCUT2D eigenvalue weighted by molar-refractivity contribution is -0.117. The first kappa shape index (κ1) is 21.2. The second-order valence-corrected chi connectivity index (χ2v) is 7.17. The van der Waals surface area contributed by atoms with Gasteiger partial charge in [-0.15, -0.1) is 0 Å². The average molecular weight is 420 g/mol. The summed E-state index contributed by atoms with van der Waals surface area (Å²) in [6.07, 6.45) is 0.348. The molecule has 0 unspecified atom stereocenters. The molecule has 1 heterocycles. The lowest BCUT2D eigenvalue weighted by atomic mass is 10.1. The van der Waals surface area contributed by atoms with Gasteiger partial charge in [0, 0.05) is 36.8 Å². The molecule has 0 spiro atoms. The first-order valence-corrected chi connectivity index (χ1v) is 9.82. The zero-order chi connectivity index (χ0) is 20.6. The first-order valence-electron chi connectivity index (χ1n) is 9.44. The number of hydrogen-bond donors (Lipinski definition) is 2. The number of morpholine rings is 1. The molecular weight excluding hydrogens is 397 g/mol. The standard InChI is InChI=1S/C21H23ClFN3O3/c22-17-4-2-1-3-15(17)13-21(28)24-16-5-6-18(23)19(14-16)25-20(27)7-8-26-9-11-29-12-10-26/h1-6,14H,7-13H2,(H,24,28)(H,25,27). The van der Waals surface area contributed by atoms with Gasteiger partial charge >= 0.3 is 0 Å². The number of amides is 2. The normalized spacial score (nSPS) is 14.4. The summed E-state index contributed by atoms with van der Waals surface area (Å²) in [5.74, 6) is -1.13. The van der Waals surface area contributed by atoms with Crippen molar-refractivity contribution in [2.24, 2.45) is 0 Å². The van der Waals surface area contributed by atoms with Crippen LogP contribution in [0.5, 0.6) is 0 Å². The van der Waals surface area contributed by atoms with Crippen LogP contribution in [-0.4, -0.2) is 49.6 Å². The van der Waals surface area contributed by atoms with E-state index in [-0.39, 0.29) is 30.3 Å². The van der Waals surface area contributed by atoms with Gasteiger partial charge in [0.25, 0.3) is 0 Å². The molecule has 1 aliphatic rings. The van der Waals surface area contributed by atoms with Crippen LogP contribution in [0.3, 0.4) is 0 Å². The number of rotatable bonds is 7. The molecule has 6 nitrogen and oxygen atoms in total. The Balaban J connectivity index is 1.55. The maximum absolute atomic E-state index is 14.1. The van der Waals surface area contributed by atoms with E-state index in [1.807, 2.05) is 0 Å². The Bertz CT molecular complexity index is 872. The van der Waals surface area contributed by atoms with Crippen molar-refractivity contribution in [3.8, 4) is 0 Å². The summed E-state index contributed by atoms with van der Waals surface area (Å²) in [5.41, 5.74) is 1.13. The monoisotopic (exact) mass is 419 g/mol. The molecule has 1 fully saturated rings. The molecule has 2 amide bonds. The molecule has 1 aliphatic heterocycles. The Hall–Kier alpha value is -2.48. The van der Waals surface area contributed by atoms with Crippen LogP contribution in [0.15, 0.2) is 42.5 Å². The zero-order valence-corrected chi connectivity index (χ0v) is 16.7. The number of halogens is 2. The third-order valence-corrected chi connectivity index (χ3v) is 4.96. The number of benzene rings is 2. The van der Waals surface area contributed by atoms with E-state index in [4.69, 9.17) is 16.3 Å². The molecule has 2 N–H and O–H groups in total. The van der Waals surface area contributed by atoms with Crippen molar-refractivity contribution < 1.29 is 18.7 Å². The van der Waals surface area contributed by atoms with Gasteiger partial charge in [0.15, 0.2) is 0 Å². The van der Waals surface area contributed by atoms with Crippen molar-refractivity contribution >= 4 is 34.8 Å². The van der Waals surface area contributed by atoms with E-state index in [0.717, 1.165) is 13.1 Å². The number of carbonyl (C=O) groups excluding carboxylic acids is 2. The number of nitrogens with one attached hydrogen (secondary N) is 2. The van der Waals surface area contributed by atoms with Crippen LogP contribution in [0.25, 0.3) is 0 Å². The largest absolute Gasteiger partial charge is 0.379 e. The summed E-state index contributed by atoms with van der Waals surface area (Å²) in [6, 6.07) is 11.1. The highest BCUT2D eigenvalue weighted by atomic mass is 35.5. The summed E-state index contributed by atoms with van der Waals surface area (Å²) in [5, 5.41) is 5.79. The van der Waals surface area contributed by atoms with Gasteiger partial charge in [-0.05, 0) is 29.8 Å². The van der Waals surface area contributed by atoms with Gasteiger partial charge in [-0.1, -0.05) is 29.8 Å². The van der Waals surface area contributed by atoms with Crippen molar-refractivity contribution in [3.05, 3.63) is 58.9 Å². The first-order chi connectivity index (χ1) is 14.0. The van der Waals surface area contributed by atoms with E-state index in [1.165, 1.54) is 18.2 Å². The topological polar surface area (TPSA) is 70.7 Å². The van der Waals surface area contributed by atoms with Gasteiger partial charge in [0.2, 0.25) is 11.8 Å². The van der Waals surface area contributed by atoms with Gasteiger partial charge in [-0.25, -0.2) is 4.39 Å². The Morgan fingerprint density at radius 3 is 2.59 bits per heavy atom. The number of carbonyl (C=O) groups is 2. The lowest BCUT2D eigenvalue weighted by Gasteiger charge is -2.26. The van der Waals surface area contributed by atoms with Crippen molar-refractivity contribution in [1.82, 2.24) is 4.90 Å². The Labute approximate surface area is 174 Å². The highest BCUT2D eigenvalue weighted by molar-refractivity contribution is 6.31. The molecule has 1 saturated heterocycles. The van der Waals surface area contributed by atoms with Crippen LogP contribution in [0, 0.1) is 5.82 Å². The van der Waals surface area contributed by atoms with Gasteiger partial charge in [-0.2, -0.15) is 0 Å². The number of nitrogens with zero attached hydrogens (tertiary/aromatic N) is 1. The number of anilines is 2. The summed E-state index contributed by atoms with van der Waals surface area (Å²) in [7, 11) is 0. The van der Waals surface area contributed by atoms with Crippen LogP contribution in [0.4, 0.5) is 15.8 Å². The third kappa shape index (κ3) is 6.52. The summed E-state index contributed by atoms with van der Waals surface area (Å²) in [6.45, 7) is 3.48. The molecule has 8 heteroatoms. The quantitative estimate of drug-likeness (QED) is 0.722. The van der Waals surface area contributed by atoms with Gasteiger partial charge in [0.05, 0.1) is 25.3 Å². The molecule has 0 aliphatic carbocycles. The molecule has 0 radical (unpaired) electrons. The molecule has 0 atom stereocenters. The molecular formula is C21H23ClFN3O3. The minimum atomic E-state index is -0.561. The predicted octanol–water partition coefficient (Wildman–Crippen LogP) is 3.32. The van der Waals surface area contributed by atoms with Crippen molar-refractivity contribution in [2.75, 3.05) is 43.5 Å². The highest BCUT2D eigenvalue weighted by Gasteiger charge is 2.14. The van der Waals surface area contributed by atoms with Crippen LogP contribution >= 0.6 is 11.6 Å². The molecule has 0 saturated carbocycles. The van der Waals surface area contributed by atoms with Gasteiger partial charge < -0.3 is 15.4 Å². The molecule has 2 aromatic rings. The van der Waals surface area contributed by atoms with Crippen LogP contribution in [-0.2, 0) is 20.7 Å². The molecule has 0 aromatic heterocycles. The van der Waals surface area contributed by atoms with E-state index < -0.39 is 5.82 Å². The maximum atomic E-state index is 14.1. The fraction of sp³-hybridized carbons (Fsp3) is 0.333. The van der Waals surface area contributed by atoms with E-state index in [0.29, 0.717) is 36.0 Å². The zero-order valence-electron chi connectivity index (χ0n) is 15.9. The Morgan fingerprint density at radius 2 is 1.83 bits per heavy atom. The van der Waals surface area contributed by atoms with Crippen LogP contribution in [0.2, 0.25) is 5.02 Å². The molecule has 3 rings (SSSR count). The van der Waals surface area contributed by atoms with E-state index >= 15 is 0 Å². The number of hydrogen-bond acceptors (Lipinski definition) is 4. The minimum Gasteiger partial charge on any atom is -0.379 e. The maximum Gasteiger partial charge on any atom is 0.228 e. The summed E-state index contributed by atoms with van der Waals surface area (Å²) in [4.78, 5) is 26.6. The Kier molecular flexibility index (Phi) is 7.57. The summed E-state index contributed by atoms with van der Waals surface area (Å²) >= 11 is 6.07.